The molecule has 0 saturated carbocycles. The summed E-state index contributed by atoms with van der Waals surface area (Å²) in [6.45, 7) is 0. The second-order valence-electron chi connectivity index (χ2n) is 1.41. The van der Waals surface area contributed by atoms with Crippen molar-refractivity contribution in [2.75, 3.05) is 0 Å². The summed E-state index contributed by atoms with van der Waals surface area (Å²) >= 11 is 0. The molecule has 0 aliphatic heterocycles. The molecular weight excluding hydrogens is 198 g/mol. The molecule has 2 nitrogen and oxygen atoms in total. The molecule has 0 aliphatic rings. The molecule has 0 bridgehead atoms. The second kappa shape index (κ2) is 4.78. The smallest absolute Gasteiger partial charge is 0.542 e. The topological polar surface area (TPSA) is 40.1 Å². The minimum Gasteiger partial charge on any atom is -0.542 e. The number of hydrogen-bond donors (Lipinski definition) is 0. The molecule has 0 unspecified atom stereocenters. The second-order valence-corrected chi connectivity index (χ2v) is 1.41. The van der Waals surface area contributed by atoms with Crippen LogP contribution in [0.5, 0.6) is 0 Å². The van der Waals surface area contributed by atoms with E-state index in [1.54, 1.807) is 0 Å². The van der Waals surface area contributed by atoms with E-state index in [4.69, 9.17) is 0 Å². The molecule has 0 saturated heterocycles. The van der Waals surface area contributed by atoms with E-state index < -0.39 is 23.8 Å². The molecule has 0 fully saturated rings. The zero-order valence-corrected chi connectivity index (χ0v) is 7.71. The van der Waals surface area contributed by atoms with Gasteiger partial charge in [0.2, 0.25) is 5.83 Å². The van der Waals surface area contributed by atoms with Crippen molar-refractivity contribution < 1.29 is 61.4 Å². The molecular formula is C4F5NaO2. The van der Waals surface area contributed by atoms with E-state index in [2.05, 4.69) is 0 Å². The molecule has 0 aromatic rings. The Morgan fingerprint density at radius 1 is 1.17 bits per heavy atom. The zero-order chi connectivity index (χ0) is 9.23. The number of rotatable bonds is 1. The zero-order valence-electron chi connectivity index (χ0n) is 5.71. The molecule has 0 aromatic heterocycles. The first-order chi connectivity index (χ1) is 4.76. The van der Waals surface area contributed by atoms with Gasteiger partial charge in [-0.3, -0.25) is 0 Å². The number of carbonyl (C=O) groups excluding carboxylic acids is 1. The molecule has 0 atom stereocenters. The first-order valence-corrected chi connectivity index (χ1v) is 2.10. The van der Waals surface area contributed by atoms with Crippen LogP contribution in [0.25, 0.3) is 0 Å². The third-order valence-corrected chi connectivity index (χ3v) is 0.621. The molecule has 0 heterocycles. The molecule has 0 N–H and O–H groups in total. The van der Waals surface area contributed by atoms with Crippen molar-refractivity contribution in [3.63, 3.8) is 0 Å². The van der Waals surface area contributed by atoms with E-state index in [9.17, 15) is 31.9 Å². The number of carboxylic acid groups (broad SMARTS) is 1. The van der Waals surface area contributed by atoms with Crippen LogP contribution in [0, 0.1) is 0 Å². The van der Waals surface area contributed by atoms with E-state index in [-0.39, 0.29) is 29.6 Å². The maximum atomic E-state index is 11.5. The Morgan fingerprint density at radius 2 is 1.50 bits per heavy atom. The third-order valence-electron chi connectivity index (χ3n) is 0.621. The van der Waals surface area contributed by atoms with Crippen molar-refractivity contribution in [3.05, 3.63) is 11.7 Å². The Hall–Kier alpha value is -0.140. The number of carbonyl (C=O) groups is 1. The fraction of sp³-hybridized carbons (Fsp3) is 0.250. The summed E-state index contributed by atoms with van der Waals surface area (Å²) in [5, 5.41) is 9.30. The number of halogens is 5. The van der Waals surface area contributed by atoms with Crippen LogP contribution in [0.2, 0.25) is 0 Å². The Labute approximate surface area is 85.3 Å². The van der Waals surface area contributed by atoms with Gasteiger partial charge in [-0.15, -0.1) is 0 Å². The van der Waals surface area contributed by atoms with Crippen molar-refractivity contribution >= 4 is 5.97 Å². The van der Waals surface area contributed by atoms with Gasteiger partial charge in [-0.05, 0) is 0 Å². The van der Waals surface area contributed by atoms with Crippen molar-refractivity contribution in [2.45, 2.75) is 6.18 Å². The Bertz CT molecular complexity index is 208. The van der Waals surface area contributed by atoms with Crippen molar-refractivity contribution in [2.24, 2.45) is 0 Å². The molecule has 0 aliphatic carbocycles. The first kappa shape index (κ1) is 14.4. The van der Waals surface area contributed by atoms with Crippen LogP contribution in [0.4, 0.5) is 22.0 Å². The minimum absolute atomic E-state index is 0. The summed E-state index contributed by atoms with van der Waals surface area (Å²) in [6.07, 6.45) is -5.62. The summed E-state index contributed by atoms with van der Waals surface area (Å²) in [7, 11) is 0. The van der Waals surface area contributed by atoms with Crippen LogP contribution < -0.4 is 34.7 Å². The number of hydrogen-bond acceptors (Lipinski definition) is 2. The van der Waals surface area contributed by atoms with Gasteiger partial charge in [-0.2, -0.15) is 17.6 Å². The van der Waals surface area contributed by atoms with E-state index in [0.29, 0.717) is 0 Å². The quantitative estimate of drug-likeness (QED) is 0.264. The SMILES string of the molecule is O=C([O-])C(F)=C(F)C(F)(F)F.[Na+]. The van der Waals surface area contributed by atoms with E-state index in [0.717, 1.165) is 0 Å². The maximum absolute atomic E-state index is 11.5. The number of aliphatic carboxylic acids is 1. The fourth-order valence-electron chi connectivity index (χ4n) is 0.214. The summed E-state index contributed by atoms with van der Waals surface area (Å²) in [5.41, 5.74) is 0. The fourth-order valence-corrected chi connectivity index (χ4v) is 0.214. The third kappa shape index (κ3) is 4.03. The van der Waals surface area contributed by atoms with Crippen LogP contribution in [0.15, 0.2) is 11.7 Å². The van der Waals surface area contributed by atoms with E-state index in [1.165, 1.54) is 0 Å². The normalized spacial score (nSPS) is 13.1. The van der Waals surface area contributed by atoms with Gasteiger partial charge >= 0.3 is 35.7 Å². The van der Waals surface area contributed by atoms with Gasteiger partial charge in [0.1, 0.15) is 5.97 Å². The predicted octanol–water partition coefficient (Wildman–Crippen LogP) is -2.55. The largest absolute Gasteiger partial charge is 1.00 e. The van der Waals surface area contributed by atoms with Crippen LogP contribution in [-0.4, -0.2) is 12.1 Å². The Balaban J connectivity index is 0. The van der Waals surface area contributed by atoms with E-state index >= 15 is 0 Å². The summed E-state index contributed by atoms with van der Waals surface area (Å²) in [5.74, 6) is -9.07. The summed E-state index contributed by atoms with van der Waals surface area (Å²) in [4.78, 5) is 9.30. The standard InChI is InChI=1S/C4HF5O2.Na/c5-1(3(10)11)2(6)4(7,8)9;/h(H,10,11);/q;+1/p-1. The van der Waals surface area contributed by atoms with Gasteiger partial charge in [0.05, 0.1) is 0 Å². The molecule has 8 heteroatoms. The molecule has 0 rings (SSSR count). The average molecular weight is 198 g/mol. The minimum atomic E-state index is -5.62. The molecule has 0 aromatic carbocycles. The summed E-state index contributed by atoms with van der Waals surface area (Å²) < 4.78 is 56.3. The van der Waals surface area contributed by atoms with Crippen LogP contribution in [0.1, 0.15) is 0 Å². The molecule has 64 valence electrons. The van der Waals surface area contributed by atoms with Gasteiger partial charge in [-0.25, -0.2) is 4.39 Å². The van der Waals surface area contributed by atoms with Gasteiger partial charge in [0.15, 0.2) is 5.83 Å². The predicted molar refractivity (Wildman–Crippen MR) is 20.3 cm³/mol. The van der Waals surface area contributed by atoms with Crippen LogP contribution in [-0.2, 0) is 4.79 Å². The van der Waals surface area contributed by atoms with Gasteiger partial charge in [-0.1, -0.05) is 0 Å². The number of allylic oxidation sites excluding steroid dienone is 1. The Kier molecular flexibility index (Phi) is 5.73. The Morgan fingerprint density at radius 3 is 1.58 bits per heavy atom. The van der Waals surface area contributed by atoms with Crippen LogP contribution >= 0.6 is 0 Å². The van der Waals surface area contributed by atoms with E-state index in [1.807, 2.05) is 0 Å². The van der Waals surface area contributed by atoms with Gasteiger partial charge in [0, 0.05) is 0 Å². The van der Waals surface area contributed by atoms with Crippen molar-refractivity contribution in [1.29, 1.82) is 0 Å². The first-order valence-electron chi connectivity index (χ1n) is 2.10. The van der Waals surface area contributed by atoms with Crippen molar-refractivity contribution in [1.82, 2.24) is 0 Å². The monoisotopic (exact) mass is 198 g/mol. The van der Waals surface area contributed by atoms with Gasteiger partial charge in [0.25, 0.3) is 0 Å². The molecule has 0 radical (unpaired) electrons. The summed E-state index contributed by atoms with van der Waals surface area (Å²) in [6, 6.07) is 0. The maximum Gasteiger partial charge on any atom is 1.00 e. The average Bonchev–Trinajstić information content (AvgIpc) is 1.82. The number of alkyl halides is 3. The molecule has 12 heavy (non-hydrogen) atoms. The van der Waals surface area contributed by atoms with Crippen molar-refractivity contribution in [3.8, 4) is 0 Å². The van der Waals surface area contributed by atoms with Crippen LogP contribution in [0.3, 0.4) is 0 Å². The molecule has 0 spiro atoms. The number of carboxylic acids is 1. The molecule has 0 amide bonds. The van der Waals surface area contributed by atoms with Gasteiger partial charge < -0.3 is 9.90 Å².